The topological polar surface area (TPSA) is 111 Å². The second kappa shape index (κ2) is 4.06. The second-order valence-electron chi connectivity index (χ2n) is 3.27. The minimum atomic E-state index is -3.80. The summed E-state index contributed by atoms with van der Waals surface area (Å²) in [5.74, 6) is 0.267. The van der Waals surface area contributed by atoms with Crippen LogP contribution in [0, 0.1) is 6.92 Å². The van der Waals surface area contributed by atoms with Crippen molar-refractivity contribution >= 4 is 21.7 Å². The lowest BCUT2D eigenvalue weighted by molar-refractivity contribution is 0.534. The fraction of sp³-hybridized carbons (Fsp3) is 0.111. The van der Waals surface area contributed by atoms with Crippen molar-refractivity contribution in [3.63, 3.8) is 0 Å². The lowest BCUT2D eigenvalue weighted by atomic mass is 10.3. The van der Waals surface area contributed by atoms with Crippen molar-refractivity contribution in [1.82, 2.24) is 10.2 Å². The van der Waals surface area contributed by atoms with Crippen molar-refractivity contribution in [1.29, 1.82) is 0 Å². The third-order valence-corrected chi connectivity index (χ3v) is 3.35. The van der Waals surface area contributed by atoms with Crippen LogP contribution in [0.2, 0.25) is 0 Å². The molecule has 0 spiro atoms. The van der Waals surface area contributed by atoms with Crippen molar-refractivity contribution in [3.8, 4) is 0 Å². The van der Waals surface area contributed by atoms with Gasteiger partial charge in [-0.1, -0.05) is 17.2 Å². The standard InChI is InChI=1S/C9H10N4O3S/c1-6-11-12-9(16-6)13-17(14,15)8-5-3-2-4-7(8)10/h2-5H,10H2,1H3,(H,12,13). The number of nitrogens with two attached hydrogens (primary N) is 1. The predicted octanol–water partition coefficient (Wildman–Crippen LogP) is 0.761. The summed E-state index contributed by atoms with van der Waals surface area (Å²) in [7, 11) is -3.80. The predicted molar refractivity (Wildman–Crippen MR) is 60.7 cm³/mol. The molecular formula is C9H10N4O3S. The molecular weight excluding hydrogens is 244 g/mol. The Morgan fingerprint density at radius 3 is 2.59 bits per heavy atom. The number of hydrogen-bond donors (Lipinski definition) is 2. The Kier molecular flexibility index (Phi) is 2.72. The van der Waals surface area contributed by atoms with Crippen LogP contribution in [0.5, 0.6) is 0 Å². The van der Waals surface area contributed by atoms with Crippen molar-refractivity contribution < 1.29 is 12.8 Å². The van der Waals surface area contributed by atoms with Crippen LogP contribution >= 0.6 is 0 Å². The molecule has 7 nitrogen and oxygen atoms in total. The van der Waals surface area contributed by atoms with Gasteiger partial charge < -0.3 is 10.2 Å². The number of nitrogens with zero attached hydrogens (tertiary/aromatic N) is 2. The van der Waals surface area contributed by atoms with Crippen LogP contribution in [-0.4, -0.2) is 18.6 Å². The maximum absolute atomic E-state index is 11.9. The van der Waals surface area contributed by atoms with Crippen LogP contribution in [0.4, 0.5) is 11.7 Å². The lowest BCUT2D eigenvalue weighted by Crippen LogP contribution is -2.14. The van der Waals surface area contributed by atoms with E-state index in [2.05, 4.69) is 14.9 Å². The molecule has 17 heavy (non-hydrogen) atoms. The Morgan fingerprint density at radius 2 is 2.00 bits per heavy atom. The molecule has 0 unspecified atom stereocenters. The van der Waals surface area contributed by atoms with Crippen LogP contribution < -0.4 is 10.5 Å². The number of nitrogen functional groups attached to an aromatic ring is 1. The first-order chi connectivity index (χ1) is 7.99. The maximum atomic E-state index is 11.9. The SMILES string of the molecule is Cc1nnc(NS(=O)(=O)c2ccccc2N)o1. The van der Waals surface area contributed by atoms with Gasteiger partial charge in [0.1, 0.15) is 4.90 Å². The van der Waals surface area contributed by atoms with E-state index in [1.165, 1.54) is 12.1 Å². The molecule has 2 rings (SSSR count). The summed E-state index contributed by atoms with van der Waals surface area (Å²) in [5.41, 5.74) is 5.73. The van der Waals surface area contributed by atoms with Crippen LogP contribution in [0.15, 0.2) is 33.6 Å². The Hall–Kier alpha value is -2.09. The molecule has 1 aromatic heterocycles. The van der Waals surface area contributed by atoms with Gasteiger partial charge in [-0.3, -0.25) is 0 Å². The van der Waals surface area contributed by atoms with E-state index in [1.807, 2.05) is 0 Å². The van der Waals surface area contributed by atoms with E-state index in [-0.39, 0.29) is 22.5 Å². The van der Waals surface area contributed by atoms with E-state index < -0.39 is 10.0 Å². The highest BCUT2D eigenvalue weighted by molar-refractivity contribution is 7.92. The van der Waals surface area contributed by atoms with Crippen molar-refractivity contribution in [2.75, 3.05) is 10.5 Å². The summed E-state index contributed by atoms with van der Waals surface area (Å²) in [6, 6.07) is 5.91. The summed E-state index contributed by atoms with van der Waals surface area (Å²) in [4.78, 5) is -0.0316. The molecule has 0 radical (unpaired) electrons. The van der Waals surface area contributed by atoms with Gasteiger partial charge in [0.15, 0.2) is 0 Å². The van der Waals surface area contributed by atoms with E-state index >= 15 is 0 Å². The van der Waals surface area contributed by atoms with E-state index in [4.69, 9.17) is 10.2 Å². The first-order valence-corrected chi connectivity index (χ1v) is 6.15. The number of para-hydroxylation sites is 1. The van der Waals surface area contributed by atoms with Gasteiger partial charge in [0, 0.05) is 6.92 Å². The van der Waals surface area contributed by atoms with Gasteiger partial charge in [-0.25, -0.2) is 13.1 Å². The van der Waals surface area contributed by atoms with Gasteiger partial charge in [-0.15, -0.1) is 5.10 Å². The minimum Gasteiger partial charge on any atom is -0.408 e. The Morgan fingerprint density at radius 1 is 1.29 bits per heavy atom. The van der Waals surface area contributed by atoms with Gasteiger partial charge in [-0.05, 0) is 12.1 Å². The van der Waals surface area contributed by atoms with Crippen molar-refractivity contribution in [2.45, 2.75) is 11.8 Å². The molecule has 0 atom stereocenters. The molecule has 0 bridgehead atoms. The molecule has 3 N–H and O–H groups in total. The van der Waals surface area contributed by atoms with Crippen LogP contribution in [-0.2, 0) is 10.0 Å². The van der Waals surface area contributed by atoms with Crippen molar-refractivity contribution in [3.05, 3.63) is 30.2 Å². The summed E-state index contributed by atoms with van der Waals surface area (Å²) < 4.78 is 30.9. The molecule has 0 fully saturated rings. The van der Waals surface area contributed by atoms with Gasteiger partial charge in [-0.2, -0.15) is 0 Å². The Bertz CT molecular complexity index is 635. The quantitative estimate of drug-likeness (QED) is 0.782. The Balaban J connectivity index is 2.35. The normalized spacial score (nSPS) is 11.4. The number of aromatic nitrogens is 2. The number of nitrogens with one attached hydrogen (secondary N) is 1. The molecule has 0 aliphatic carbocycles. The smallest absolute Gasteiger partial charge is 0.329 e. The summed E-state index contributed by atoms with van der Waals surface area (Å²) in [6.45, 7) is 1.56. The first kappa shape index (κ1) is 11.4. The monoisotopic (exact) mass is 254 g/mol. The molecule has 0 amide bonds. The number of aryl methyl sites for hydroxylation is 1. The molecule has 1 aromatic carbocycles. The number of benzene rings is 1. The zero-order valence-corrected chi connectivity index (χ0v) is 9.73. The zero-order chi connectivity index (χ0) is 12.5. The minimum absolute atomic E-state index is 0.0316. The number of anilines is 2. The summed E-state index contributed by atoms with van der Waals surface area (Å²) in [6.07, 6.45) is 0. The van der Waals surface area contributed by atoms with Gasteiger partial charge in [0.05, 0.1) is 5.69 Å². The molecule has 0 aliphatic rings. The maximum Gasteiger partial charge on any atom is 0.329 e. The fourth-order valence-corrected chi connectivity index (χ4v) is 2.29. The van der Waals surface area contributed by atoms with Crippen LogP contribution in [0.3, 0.4) is 0 Å². The highest BCUT2D eigenvalue weighted by atomic mass is 32.2. The molecule has 90 valence electrons. The lowest BCUT2D eigenvalue weighted by Gasteiger charge is -2.06. The molecule has 0 saturated carbocycles. The molecule has 0 saturated heterocycles. The second-order valence-corrected chi connectivity index (χ2v) is 4.92. The van der Waals surface area contributed by atoms with E-state index in [1.54, 1.807) is 19.1 Å². The third-order valence-electron chi connectivity index (χ3n) is 1.96. The fourth-order valence-electron chi connectivity index (χ4n) is 1.23. The van der Waals surface area contributed by atoms with Gasteiger partial charge >= 0.3 is 6.01 Å². The summed E-state index contributed by atoms with van der Waals surface area (Å²) >= 11 is 0. The molecule has 0 aliphatic heterocycles. The molecule has 8 heteroatoms. The van der Waals surface area contributed by atoms with Gasteiger partial charge in [0.25, 0.3) is 10.0 Å². The number of sulfonamides is 1. The van der Waals surface area contributed by atoms with E-state index in [9.17, 15) is 8.42 Å². The summed E-state index contributed by atoms with van der Waals surface area (Å²) in [5, 5.41) is 7.05. The largest absolute Gasteiger partial charge is 0.408 e. The Labute approximate surface area is 97.7 Å². The average molecular weight is 254 g/mol. The highest BCUT2D eigenvalue weighted by Crippen LogP contribution is 2.20. The molecule has 2 aromatic rings. The highest BCUT2D eigenvalue weighted by Gasteiger charge is 2.19. The number of rotatable bonds is 3. The van der Waals surface area contributed by atoms with E-state index in [0.717, 1.165) is 0 Å². The first-order valence-electron chi connectivity index (χ1n) is 4.66. The molecule has 1 heterocycles. The van der Waals surface area contributed by atoms with Crippen molar-refractivity contribution in [2.24, 2.45) is 0 Å². The van der Waals surface area contributed by atoms with Crippen LogP contribution in [0.25, 0.3) is 0 Å². The average Bonchev–Trinajstić information content (AvgIpc) is 2.63. The van der Waals surface area contributed by atoms with E-state index in [0.29, 0.717) is 0 Å². The third kappa shape index (κ3) is 2.36. The van der Waals surface area contributed by atoms with Crippen LogP contribution in [0.1, 0.15) is 5.89 Å². The number of hydrogen-bond acceptors (Lipinski definition) is 6. The zero-order valence-electron chi connectivity index (χ0n) is 8.91. The van der Waals surface area contributed by atoms with Gasteiger partial charge in [0.2, 0.25) is 5.89 Å².